The molecule has 0 aliphatic carbocycles. The first-order valence-corrected chi connectivity index (χ1v) is 5.70. The van der Waals surface area contributed by atoms with E-state index in [-0.39, 0.29) is 0 Å². The molecule has 1 fully saturated rings. The maximum Gasteiger partial charge on any atom is 0.0509 e. The number of hydrazine groups is 1. The zero-order valence-corrected chi connectivity index (χ0v) is 9.62. The summed E-state index contributed by atoms with van der Waals surface area (Å²) in [6.07, 6.45) is 2.42. The number of nitrogens with one attached hydrogen (secondary N) is 1. The van der Waals surface area contributed by atoms with Crippen LogP contribution < -0.4 is 11.3 Å². The number of rotatable bonds is 4. The summed E-state index contributed by atoms with van der Waals surface area (Å²) in [7, 11) is 0. The van der Waals surface area contributed by atoms with Gasteiger partial charge in [-0.3, -0.25) is 11.3 Å². The monoisotopic (exact) mass is 200 g/mol. The topological polar surface area (TPSA) is 47.3 Å². The van der Waals surface area contributed by atoms with Crippen LogP contribution in [0.5, 0.6) is 0 Å². The molecule has 0 radical (unpaired) electrons. The third-order valence-electron chi connectivity index (χ3n) is 3.51. The van der Waals surface area contributed by atoms with Gasteiger partial charge in [0.05, 0.1) is 6.61 Å². The third-order valence-corrected chi connectivity index (χ3v) is 3.51. The molecule has 0 aromatic rings. The highest BCUT2D eigenvalue weighted by Crippen LogP contribution is 2.25. The van der Waals surface area contributed by atoms with E-state index in [1.807, 2.05) is 0 Å². The first kappa shape index (κ1) is 12.0. The van der Waals surface area contributed by atoms with Crippen LogP contribution in [-0.2, 0) is 4.74 Å². The smallest absolute Gasteiger partial charge is 0.0509 e. The van der Waals surface area contributed by atoms with Gasteiger partial charge < -0.3 is 4.74 Å². The summed E-state index contributed by atoms with van der Waals surface area (Å²) < 4.78 is 5.50. The van der Waals surface area contributed by atoms with Gasteiger partial charge in [0.1, 0.15) is 0 Å². The molecule has 3 unspecified atom stereocenters. The molecule has 1 heterocycles. The summed E-state index contributed by atoms with van der Waals surface area (Å²) in [6, 6.07) is 0.398. The van der Waals surface area contributed by atoms with Crippen LogP contribution in [0.25, 0.3) is 0 Å². The van der Waals surface area contributed by atoms with E-state index in [1.165, 1.54) is 12.8 Å². The summed E-state index contributed by atoms with van der Waals surface area (Å²) in [5.41, 5.74) is 2.97. The molecule has 0 amide bonds. The van der Waals surface area contributed by atoms with Crippen LogP contribution in [0, 0.1) is 17.8 Å². The Bertz CT molecular complexity index is 155. The van der Waals surface area contributed by atoms with E-state index < -0.39 is 0 Å². The van der Waals surface area contributed by atoms with Gasteiger partial charge in [-0.15, -0.1) is 0 Å². The van der Waals surface area contributed by atoms with Crippen LogP contribution >= 0.6 is 0 Å². The number of ether oxygens (including phenoxy) is 1. The Kier molecular flexibility index (Phi) is 4.85. The van der Waals surface area contributed by atoms with Crippen molar-refractivity contribution in [1.29, 1.82) is 0 Å². The van der Waals surface area contributed by atoms with Crippen LogP contribution in [0.3, 0.4) is 0 Å². The molecule has 3 atom stereocenters. The molecular weight excluding hydrogens is 176 g/mol. The molecule has 14 heavy (non-hydrogen) atoms. The second-order valence-corrected chi connectivity index (χ2v) is 4.77. The highest BCUT2D eigenvalue weighted by Gasteiger charge is 2.29. The van der Waals surface area contributed by atoms with Crippen molar-refractivity contribution in [3.8, 4) is 0 Å². The fourth-order valence-electron chi connectivity index (χ4n) is 2.18. The van der Waals surface area contributed by atoms with Gasteiger partial charge >= 0.3 is 0 Å². The van der Waals surface area contributed by atoms with E-state index >= 15 is 0 Å². The molecule has 0 saturated carbocycles. The molecule has 1 aliphatic rings. The zero-order valence-electron chi connectivity index (χ0n) is 9.62. The molecule has 1 saturated heterocycles. The molecule has 0 spiro atoms. The Morgan fingerprint density at radius 1 is 1.36 bits per heavy atom. The summed E-state index contributed by atoms with van der Waals surface area (Å²) in [5, 5.41) is 0. The van der Waals surface area contributed by atoms with Crippen molar-refractivity contribution in [2.45, 2.75) is 39.7 Å². The number of hydrogen-bond acceptors (Lipinski definition) is 3. The number of nitrogens with two attached hydrogens (primary N) is 1. The van der Waals surface area contributed by atoms with E-state index in [0.29, 0.717) is 23.8 Å². The zero-order chi connectivity index (χ0) is 10.6. The lowest BCUT2D eigenvalue weighted by atomic mass is 9.81. The molecule has 3 nitrogen and oxygen atoms in total. The van der Waals surface area contributed by atoms with Crippen molar-refractivity contribution in [3.05, 3.63) is 0 Å². The third kappa shape index (κ3) is 2.94. The van der Waals surface area contributed by atoms with Crippen molar-refractivity contribution in [3.63, 3.8) is 0 Å². The first-order valence-electron chi connectivity index (χ1n) is 5.70. The standard InChI is InChI=1S/C11H24N2O/c1-8(2)9(3)11(13-12)10-5-4-6-14-7-10/h8-11,13H,4-7,12H2,1-3H3. The quantitative estimate of drug-likeness (QED) is 0.534. The van der Waals surface area contributed by atoms with Gasteiger partial charge in [0, 0.05) is 12.6 Å². The van der Waals surface area contributed by atoms with E-state index in [2.05, 4.69) is 26.2 Å². The summed E-state index contributed by atoms with van der Waals surface area (Å²) in [5.74, 6) is 7.49. The first-order chi connectivity index (χ1) is 6.66. The maximum absolute atomic E-state index is 5.64. The highest BCUT2D eigenvalue weighted by atomic mass is 16.5. The maximum atomic E-state index is 5.64. The second-order valence-electron chi connectivity index (χ2n) is 4.77. The van der Waals surface area contributed by atoms with Crippen molar-refractivity contribution in [1.82, 2.24) is 5.43 Å². The van der Waals surface area contributed by atoms with Crippen LogP contribution in [0.1, 0.15) is 33.6 Å². The molecule has 0 bridgehead atoms. The summed E-state index contributed by atoms with van der Waals surface area (Å²) >= 11 is 0. The van der Waals surface area contributed by atoms with Crippen LogP contribution in [0.15, 0.2) is 0 Å². The van der Waals surface area contributed by atoms with Gasteiger partial charge in [0.25, 0.3) is 0 Å². The molecule has 0 aromatic carbocycles. The van der Waals surface area contributed by atoms with E-state index in [4.69, 9.17) is 10.6 Å². The fourth-order valence-corrected chi connectivity index (χ4v) is 2.18. The lowest BCUT2D eigenvalue weighted by Gasteiger charge is -2.35. The summed E-state index contributed by atoms with van der Waals surface area (Å²) in [6.45, 7) is 8.55. The van der Waals surface area contributed by atoms with Crippen LogP contribution in [0.2, 0.25) is 0 Å². The summed E-state index contributed by atoms with van der Waals surface area (Å²) in [4.78, 5) is 0. The van der Waals surface area contributed by atoms with Gasteiger partial charge in [0.2, 0.25) is 0 Å². The van der Waals surface area contributed by atoms with E-state index in [1.54, 1.807) is 0 Å². The van der Waals surface area contributed by atoms with E-state index in [0.717, 1.165) is 13.2 Å². The van der Waals surface area contributed by atoms with Gasteiger partial charge in [-0.1, -0.05) is 20.8 Å². The molecule has 84 valence electrons. The lowest BCUT2D eigenvalue weighted by Crippen LogP contribution is -2.49. The minimum Gasteiger partial charge on any atom is -0.381 e. The fraction of sp³-hybridized carbons (Fsp3) is 1.00. The Balaban J connectivity index is 2.50. The van der Waals surface area contributed by atoms with Crippen molar-refractivity contribution in [2.75, 3.05) is 13.2 Å². The average Bonchev–Trinajstić information content (AvgIpc) is 2.20. The molecule has 3 heteroatoms. The second kappa shape index (κ2) is 5.69. The molecule has 1 aliphatic heterocycles. The Morgan fingerprint density at radius 3 is 2.50 bits per heavy atom. The largest absolute Gasteiger partial charge is 0.381 e. The van der Waals surface area contributed by atoms with Gasteiger partial charge in [-0.2, -0.15) is 0 Å². The SMILES string of the molecule is CC(C)C(C)C(NN)C1CCCOC1. The van der Waals surface area contributed by atoms with Gasteiger partial charge in [0.15, 0.2) is 0 Å². The Labute approximate surface area is 87.4 Å². The molecule has 0 aromatic heterocycles. The predicted octanol–water partition coefficient (Wildman–Crippen LogP) is 1.54. The van der Waals surface area contributed by atoms with Gasteiger partial charge in [-0.25, -0.2) is 0 Å². The van der Waals surface area contributed by atoms with Gasteiger partial charge in [-0.05, 0) is 30.6 Å². The van der Waals surface area contributed by atoms with E-state index in [9.17, 15) is 0 Å². The van der Waals surface area contributed by atoms with Crippen LogP contribution in [0.4, 0.5) is 0 Å². The lowest BCUT2D eigenvalue weighted by molar-refractivity contribution is 0.0257. The van der Waals surface area contributed by atoms with Crippen molar-refractivity contribution >= 4 is 0 Å². The minimum absolute atomic E-state index is 0.398. The minimum atomic E-state index is 0.398. The van der Waals surface area contributed by atoms with Crippen molar-refractivity contribution < 1.29 is 4.74 Å². The normalized spacial score (nSPS) is 27.6. The number of hydrogen-bond donors (Lipinski definition) is 2. The molecule has 3 N–H and O–H groups in total. The Hall–Kier alpha value is -0.120. The van der Waals surface area contributed by atoms with Crippen molar-refractivity contribution in [2.24, 2.45) is 23.6 Å². The predicted molar refractivity (Wildman–Crippen MR) is 58.7 cm³/mol. The molecular formula is C11H24N2O. The highest BCUT2D eigenvalue weighted by molar-refractivity contribution is 4.82. The molecule has 1 rings (SSSR count). The van der Waals surface area contributed by atoms with Crippen LogP contribution in [-0.4, -0.2) is 19.3 Å². The average molecular weight is 200 g/mol. The Morgan fingerprint density at radius 2 is 2.07 bits per heavy atom.